The number of imidazole rings is 1. The Bertz CT molecular complexity index is 665. The summed E-state index contributed by atoms with van der Waals surface area (Å²) in [7, 11) is 0. The van der Waals surface area contributed by atoms with E-state index < -0.39 is 0 Å². The van der Waals surface area contributed by atoms with Crippen molar-refractivity contribution >= 4 is 11.0 Å². The standard InChI is InChI=1S/C13H15N5/c1-10(2)13-14-7-8-17(13)9-18-12-6-4-3-5-11(12)15-16-18/h3-8,10H,9H2,1-2H3. The van der Waals surface area contributed by atoms with Crippen molar-refractivity contribution in [2.75, 3.05) is 0 Å². The molecule has 2 aromatic heterocycles. The molecule has 3 rings (SSSR count). The summed E-state index contributed by atoms with van der Waals surface area (Å²) in [4.78, 5) is 4.38. The third kappa shape index (κ3) is 1.77. The van der Waals surface area contributed by atoms with Crippen LogP contribution in [0.4, 0.5) is 0 Å². The fourth-order valence-electron chi connectivity index (χ4n) is 2.11. The minimum absolute atomic E-state index is 0.398. The van der Waals surface area contributed by atoms with Gasteiger partial charge >= 0.3 is 0 Å². The maximum Gasteiger partial charge on any atom is 0.119 e. The van der Waals surface area contributed by atoms with Crippen LogP contribution in [0.25, 0.3) is 11.0 Å². The van der Waals surface area contributed by atoms with Crippen LogP contribution in [-0.2, 0) is 6.67 Å². The first kappa shape index (κ1) is 11.0. The van der Waals surface area contributed by atoms with E-state index in [0.717, 1.165) is 16.9 Å². The van der Waals surface area contributed by atoms with E-state index in [9.17, 15) is 0 Å². The Hall–Kier alpha value is -2.17. The number of rotatable bonds is 3. The summed E-state index contributed by atoms with van der Waals surface area (Å²) < 4.78 is 3.99. The molecule has 0 saturated heterocycles. The molecule has 3 aromatic rings. The molecule has 2 heterocycles. The molecule has 0 radical (unpaired) electrons. The molecular formula is C13H15N5. The van der Waals surface area contributed by atoms with Gasteiger partial charge in [0.2, 0.25) is 0 Å². The first-order valence-corrected chi connectivity index (χ1v) is 6.05. The van der Waals surface area contributed by atoms with Gasteiger partial charge in [-0.15, -0.1) is 5.10 Å². The highest BCUT2D eigenvalue weighted by atomic mass is 15.5. The van der Waals surface area contributed by atoms with Crippen LogP contribution in [0.2, 0.25) is 0 Å². The van der Waals surface area contributed by atoms with E-state index in [4.69, 9.17) is 0 Å². The van der Waals surface area contributed by atoms with Crippen LogP contribution < -0.4 is 0 Å². The molecule has 0 unspecified atom stereocenters. The molecule has 92 valence electrons. The predicted molar refractivity (Wildman–Crippen MR) is 69.2 cm³/mol. The minimum Gasteiger partial charge on any atom is -0.314 e. The number of benzene rings is 1. The van der Waals surface area contributed by atoms with Crippen LogP contribution >= 0.6 is 0 Å². The molecule has 5 nitrogen and oxygen atoms in total. The van der Waals surface area contributed by atoms with E-state index in [0.29, 0.717) is 12.6 Å². The zero-order valence-corrected chi connectivity index (χ0v) is 10.5. The van der Waals surface area contributed by atoms with Gasteiger partial charge in [0.25, 0.3) is 0 Å². The third-order valence-corrected chi connectivity index (χ3v) is 2.97. The molecule has 0 aliphatic carbocycles. The minimum atomic E-state index is 0.398. The summed E-state index contributed by atoms with van der Waals surface area (Å²) in [5.74, 6) is 1.46. The molecule has 0 aliphatic heterocycles. The van der Waals surface area contributed by atoms with Gasteiger partial charge in [0.15, 0.2) is 0 Å². The summed E-state index contributed by atoms with van der Waals surface area (Å²) in [6.45, 7) is 4.92. The smallest absolute Gasteiger partial charge is 0.119 e. The van der Waals surface area contributed by atoms with Crippen LogP contribution in [0.1, 0.15) is 25.6 Å². The number of hydrogen-bond donors (Lipinski definition) is 0. The Kier molecular flexibility index (Phi) is 2.59. The molecule has 0 aliphatic rings. The molecule has 0 fully saturated rings. The van der Waals surface area contributed by atoms with Gasteiger partial charge in [-0.25, -0.2) is 9.67 Å². The number of nitrogens with zero attached hydrogens (tertiary/aromatic N) is 5. The second-order valence-electron chi connectivity index (χ2n) is 4.63. The van der Waals surface area contributed by atoms with Gasteiger partial charge in [-0.2, -0.15) is 0 Å². The van der Waals surface area contributed by atoms with Crippen LogP contribution in [-0.4, -0.2) is 24.5 Å². The summed E-state index contributed by atoms with van der Waals surface area (Å²) in [6, 6.07) is 7.97. The Morgan fingerprint density at radius 2 is 2.06 bits per heavy atom. The third-order valence-electron chi connectivity index (χ3n) is 2.97. The van der Waals surface area contributed by atoms with Crippen molar-refractivity contribution in [2.45, 2.75) is 26.4 Å². The topological polar surface area (TPSA) is 48.5 Å². The summed E-state index contributed by atoms with van der Waals surface area (Å²) in [5, 5.41) is 8.34. The van der Waals surface area contributed by atoms with Crippen molar-refractivity contribution < 1.29 is 0 Å². The van der Waals surface area contributed by atoms with E-state index in [1.54, 1.807) is 0 Å². The van der Waals surface area contributed by atoms with E-state index in [2.05, 4.69) is 33.7 Å². The van der Waals surface area contributed by atoms with E-state index >= 15 is 0 Å². The van der Waals surface area contributed by atoms with Crippen molar-refractivity contribution in [2.24, 2.45) is 0 Å². The molecule has 0 amide bonds. The molecule has 0 bridgehead atoms. The lowest BCUT2D eigenvalue weighted by Gasteiger charge is -2.10. The maximum atomic E-state index is 4.38. The van der Waals surface area contributed by atoms with Crippen molar-refractivity contribution in [3.8, 4) is 0 Å². The lowest BCUT2D eigenvalue weighted by Crippen LogP contribution is -2.12. The Labute approximate surface area is 105 Å². The van der Waals surface area contributed by atoms with E-state index in [1.165, 1.54) is 0 Å². The van der Waals surface area contributed by atoms with Crippen LogP contribution in [0.15, 0.2) is 36.7 Å². The molecule has 1 aromatic carbocycles. The number of hydrogen-bond acceptors (Lipinski definition) is 3. The molecule has 0 N–H and O–H groups in total. The van der Waals surface area contributed by atoms with Gasteiger partial charge in [-0.3, -0.25) is 0 Å². The largest absolute Gasteiger partial charge is 0.314 e. The highest BCUT2D eigenvalue weighted by Crippen LogP contribution is 2.14. The first-order valence-electron chi connectivity index (χ1n) is 6.05. The van der Waals surface area contributed by atoms with E-state index in [1.807, 2.05) is 41.3 Å². The number of para-hydroxylation sites is 1. The van der Waals surface area contributed by atoms with E-state index in [-0.39, 0.29) is 0 Å². The maximum absolute atomic E-state index is 4.38. The Balaban J connectivity index is 1.99. The second kappa shape index (κ2) is 4.25. The fourth-order valence-corrected chi connectivity index (χ4v) is 2.11. The zero-order valence-electron chi connectivity index (χ0n) is 10.5. The molecule has 18 heavy (non-hydrogen) atoms. The van der Waals surface area contributed by atoms with Crippen molar-refractivity contribution in [3.63, 3.8) is 0 Å². The normalized spacial score (nSPS) is 11.5. The van der Waals surface area contributed by atoms with Crippen LogP contribution in [0.3, 0.4) is 0 Å². The Morgan fingerprint density at radius 1 is 1.22 bits per heavy atom. The molecule has 0 atom stereocenters. The molecule has 5 heteroatoms. The summed E-state index contributed by atoms with van der Waals surface area (Å²) in [6.07, 6.45) is 3.81. The highest BCUT2D eigenvalue weighted by Gasteiger charge is 2.09. The monoisotopic (exact) mass is 241 g/mol. The SMILES string of the molecule is CC(C)c1nccn1Cn1nnc2ccccc21. The molecular weight excluding hydrogens is 226 g/mol. The lowest BCUT2D eigenvalue weighted by molar-refractivity contribution is 0.517. The van der Waals surface area contributed by atoms with Gasteiger partial charge in [-0.05, 0) is 12.1 Å². The average molecular weight is 241 g/mol. The van der Waals surface area contributed by atoms with Gasteiger partial charge in [0.05, 0.1) is 5.52 Å². The van der Waals surface area contributed by atoms with Crippen molar-refractivity contribution in [3.05, 3.63) is 42.5 Å². The number of aromatic nitrogens is 5. The Morgan fingerprint density at radius 3 is 2.89 bits per heavy atom. The second-order valence-corrected chi connectivity index (χ2v) is 4.63. The predicted octanol–water partition coefficient (Wildman–Crippen LogP) is 2.26. The van der Waals surface area contributed by atoms with Crippen LogP contribution in [0, 0.1) is 0 Å². The van der Waals surface area contributed by atoms with Gasteiger partial charge in [-0.1, -0.05) is 31.2 Å². The van der Waals surface area contributed by atoms with Gasteiger partial charge in [0, 0.05) is 18.3 Å². The zero-order chi connectivity index (χ0) is 12.5. The number of fused-ring (bicyclic) bond motifs is 1. The first-order chi connectivity index (χ1) is 8.75. The summed E-state index contributed by atoms with van der Waals surface area (Å²) >= 11 is 0. The van der Waals surface area contributed by atoms with Crippen molar-refractivity contribution in [1.82, 2.24) is 24.5 Å². The highest BCUT2D eigenvalue weighted by molar-refractivity contribution is 5.73. The van der Waals surface area contributed by atoms with Crippen LogP contribution in [0.5, 0.6) is 0 Å². The summed E-state index contributed by atoms with van der Waals surface area (Å²) in [5.41, 5.74) is 1.96. The molecule has 0 saturated carbocycles. The van der Waals surface area contributed by atoms with Crippen molar-refractivity contribution in [1.29, 1.82) is 0 Å². The molecule has 0 spiro atoms. The van der Waals surface area contributed by atoms with Gasteiger partial charge in [0.1, 0.15) is 18.0 Å². The lowest BCUT2D eigenvalue weighted by atomic mass is 10.2. The fraction of sp³-hybridized carbons (Fsp3) is 0.308. The van der Waals surface area contributed by atoms with Gasteiger partial charge < -0.3 is 4.57 Å². The average Bonchev–Trinajstić information content (AvgIpc) is 2.97. The quantitative estimate of drug-likeness (QED) is 0.706.